The van der Waals surface area contributed by atoms with Crippen molar-refractivity contribution >= 4 is 0 Å². The molecule has 0 aliphatic carbocycles. The summed E-state index contributed by atoms with van der Waals surface area (Å²) in [6.07, 6.45) is 0. The molecule has 1 heterocycles. The topological polar surface area (TPSA) is 73.3 Å². The SMILES string of the molecule is Cc1cc(C)cc(COCCOCn2c(C)c(C)c(=O)[nH]c2=O)c1. The standard InChI is InChI=1S/C18H24N2O4/c1-12-7-13(2)9-16(8-12)10-23-5-6-24-11-20-15(4)14(3)17(21)19-18(20)22/h7-9H,5-6,10-11H2,1-4H3,(H,19,21,22). The number of hydrogen-bond acceptors (Lipinski definition) is 4. The van der Waals surface area contributed by atoms with Crippen LogP contribution >= 0.6 is 0 Å². The zero-order valence-corrected chi connectivity index (χ0v) is 14.6. The van der Waals surface area contributed by atoms with Crippen LogP contribution in [0.2, 0.25) is 0 Å². The number of aromatic amines is 1. The van der Waals surface area contributed by atoms with Crippen molar-refractivity contribution in [1.29, 1.82) is 0 Å². The quantitative estimate of drug-likeness (QED) is 0.787. The van der Waals surface area contributed by atoms with Gasteiger partial charge in [-0.15, -0.1) is 0 Å². The van der Waals surface area contributed by atoms with Crippen LogP contribution in [0.5, 0.6) is 0 Å². The number of aryl methyl sites for hydroxylation is 2. The van der Waals surface area contributed by atoms with Crippen molar-refractivity contribution in [2.75, 3.05) is 13.2 Å². The van der Waals surface area contributed by atoms with Crippen LogP contribution in [0.4, 0.5) is 0 Å². The maximum absolute atomic E-state index is 11.8. The van der Waals surface area contributed by atoms with Gasteiger partial charge in [0.05, 0.1) is 19.8 Å². The Bertz CT molecular complexity index is 800. The van der Waals surface area contributed by atoms with Crippen molar-refractivity contribution < 1.29 is 9.47 Å². The van der Waals surface area contributed by atoms with E-state index in [9.17, 15) is 9.59 Å². The number of rotatable bonds is 7. The molecule has 6 nitrogen and oxygen atoms in total. The molecule has 0 bridgehead atoms. The van der Waals surface area contributed by atoms with Gasteiger partial charge < -0.3 is 9.47 Å². The van der Waals surface area contributed by atoms with Crippen molar-refractivity contribution in [3.8, 4) is 0 Å². The van der Waals surface area contributed by atoms with Gasteiger partial charge in [-0.2, -0.15) is 0 Å². The van der Waals surface area contributed by atoms with Gasteiger partial charge in [0.1, 0.15) is 6.73 Å². The van der Waals surface area contributed by atoms with Crippen LogP contribution in [0.25, 0.3) is 0 Å². The van der Waals surface area contributed by atoms with Crippen molar-refractivity contribution in [3.05, 3.63) is 67.0 Å². The molecule has 0 amide bonds. The van der Waals surface area contributed by atoms with Gasteiger partial charge in [0.2, 0.25) is 0 Å². The zero-order valence-electron chi connectivity index (χ0n) is 14.6. The average Bonchev–Trinajstić information content (AvgIpc) is 2.50. The van der Waals surface area contributed by atoms with E-state index in [0.29, 0.717) is 31.1 Å². The van der Waals surface area contributed by atoms with Gasteiger partial charge in [-0.05, 0) is 33.3 Å². The van der Waals surface area contributed by atoms with Gasteiger partial charge in [0, 0.05) is 11.3 Å². The molecule has 0 unspecified atom stereocenters. The van der Waals surface area contributed by atoms with Crippen molar-refractivity contribution in [2.24, 2.45) is 0 Å². The third-order valence-electron chi connectivity index (χ3n) is 3.90. The average molecular weight is 332 g/mol. The summed E-state index contributed by atoms with van der Waals surface area (Å²) < 4.78 is 12.5. The zero-order chi connectivity index (χ0) is 17.7. The minimum Gasteiger partial charge on any atom is -0.374 e. The maximum Gasteiger partial charge on any atom is 0.330 e. The Labute approximate surface area is 141 Å². The Hall–Kier alpha value is -2.18. The molecule has 0 aliphatic heterocycles. The van der Waals surface area contributed by atoms with Crippen LogP contribution in [0.15, 0.2) is 27.8 Å². The summed E-state index contributed by atoms with van der Waals surface area (Å²) in [7, 11) is 0. The Morgan fingerprint density at radius 2 is 1.58 bits per heavy atom. The lowest BCUT2D eigenvalue weighted by molar-refractivity contribution is 0.0113. The normalized spacial score (nSPS) is 11.0. The number of H-pyrrole nitrogens is 1. The van der Waals surface area contributed by atoms with E-state index < -0.39 is 5.69 Å². The lowest BCUT2D eigenvalue weighted by Crippen LogP contribution is -2.34. The van der Waals surface area contributed by atoms with Gasteiger partial charge in [-0.1, -0.05) is 29.3 Å². The summed E-state index contributed by atoms with van der Waals surface area (Å²) in [6, 6.07) is 6.32. The Balaban J connectivity index is 1.79. The van der Waals surface area contributed by atoms with Crippen molar-refractivity contribution in [1.82, 2.24) is 9.55 Å². The molecule has 6 heteroatoms. The Morgan fingerprint density at radius 3 is 2.25 bits per heavy atom. The lowest BCUT2D eigenvalue weighted by Gasteiger charge is -2.12. The maximum atomic E-state index is 11.8. The van der Waals surface area contributed by atoms with Crippen LogP contribution in [-0.4, -0.2) is 22.8 Å². The van der Waals surface area contributed by atoms with E-state index in [0.717, 1.165) is 5.56 Å². The summed E-state index contributed by atoms with van der Waals surface area (Å²) in [5.41, 5.74) is 3.88. The fourth-order valence-corrected chi connectivity index (χ4v) is 2.55. The van der Waals surface area contributed by atoms with E-state index in [4.69, 9.17) is 9.47 Å². The number of hydrogen-bond donors (Lipinski definition) is 1. The minimum absolute atomic E-state index is 0.0925. The fourth-order valence-electron chi connectivity index (χ4n) is 2.55. The molecule has 2 rings (SSSR count). The van der Waals surface area contributed by atoms with Crippen LogP contribution in [0, 0.1) is 27.7 Å². The molecule has 130 valence electrons. The summed E-state index contributed by atoms with van der Waals surface area (Å²) in [5.74, 6) is 0. The minimum atomic E-state index is -0.459. The highest BCUT2D eigenvalue weighted by Gasteiger charge is 2.07. The van der Waals surface area contributed by atoms with Crippen LogP contribution < -0.4 is 11.2 Å². The predicted molar refractivity (Wildman–Crippen MR) is 92.3 cm³/mol. The molecule has 24 heavy (non-hydrogen) atoms. The molecule has 0 saturated carbocycles. The highest BCUT2D eigenvalue weighted by atomic mass is 16.5. The number of aromatic nitrogens is 2. The number of nitrogens with one attached hydrogen (secondary N) is 1. The molecule has 0 spiro atoms. The molecule has 1 aromatic heterocycles. The monoisotopic (exact) mass is 332 g/mol. The van der Waals surface area contributed by atoms with Gasteiger partial charge >= 0.3 is 5.69 Å². The van der Waals surface area contributed by atoms with E-state index in [-0.39, 0.29) is 12.3 Å². The van der Waals surface area contributed by atoms with Gasteiger partial charge in [0.15, 0.2) is 0 Å². The molecular formula is C18H24N2O4. The molecule has 0 aliphatic rings. The second-order valence-corrected chi connectivity index (χ2v) is 5.98. The van der Waals surface area contributed by atoms with E-state index in [1.165, 1.54) is 15.7 Å². The number of nitrogens with zero attached hydrogens (tertiary/aromatic N) is 1. The Morgan fingerprint density at radius 1 is 0.958 bits per heavy atom. The second-order valence-electron chi connectivity index (χ2n) is 5.98. The molecule has 1 aromatic carbocycles. The van der Waals surface area contributed by atoms with Gasteiger partial charge in [-0.3, -0.25) is 14.3 Å². The predicted octanol–water partition coefficient (Wildman–Crippen LogP) is 1.96. The number of ether oxygens (including phenoxy) is 2. The Kier molecular flexibility index (Phi) is 6.11. The van der Waals surface area contributed by atoms with Crippen LogP contribution in [0.3, 0.4) is 0 Å². The lowest BCUT2D eigenvalue weighted by atomic mass is 10.1. The summed E-state index contributed by atoms with van der Waals surface area (Å²) in [5, 5.41) is 0. The second kappa shape index (κ2) is 8.08. The van der Waals surface area contributed by atoms with E-state index in [2.05, 4.69) is 37.0 Å². The highest BCUT2D eigenvalue weighted by Crippen LogP contribution is 2.09. The first-order chi connectivity index (χ1) is 11.4. The van der Waals surface area contributed by atoms with E-state index in [1.54, 1.807) is 13.8 Å². The van der Waals surface area contributed by atoms with Crippen molar-refractivity contribution in [3.63, 3.8) is 0 Å². The largest absolute Gasteiger partial charge is 0.374 e. The smallest absolute Gasteiger partial charge is 0.330 e. The molecule has 1 N–H and O–H groups in total. The molecule has 0 radical (unpaired) electrons. The summed E-state index contributed by atoms with van der Waals surface area (Å²) in [4.78, 5) is 25.5. The highest BCUT2D eigenvalue weighted by molar-refractivity contribution is 5.27. The summed E-state index contributed by atoms with van der Waals surface area (Å²) >= 11 is 0. The first-order valence-electron chi connectivity index (χ1n) is 7.91. The molecule has 2 aromatic rings. The fraction of sp³-hybridized carbons (Fsp3) is 0.444. The van der Waals surface area contributed by atoms with E-state index >= 15 is 0 Å². The van der Waals surface area contributed by atoms with Crippen molar-refractivity contribution in [2.45, 2.75) is 41.0 Å². The van der Waals surface area contributed by atoms with Crippen LogP contribution in [0.1, 0.15) is 27.9 Å². The van der Waals surface area contributed by atoms with Crippen LogP contribution in [-0.2, 0) is 22.8 Å². The summed E-state index contributed by atoms with van der Waals surface area (Å²) in [6.45, 7) is 8.95. The molecular weight excluding hydrogens is 308 g/mol. The third-order valence-corrected chi connectivity index (χ3v) is 3.90. The first-order valence-corrected chi connectivity index (χ1v) is 7.91. The van der Waals surface area contributed by atoms with E-state index in [1.807, 2.05) is 0 Å². The number of benzene rings is 1. The third kappa shape index (κ3) is 4.66. The molecule has 0 saturated heterocycles. The first kappa shape index (κ1) is 18.2. The van der Waals surface area contributed by atoms with Gasteiger partial charge in [-0.25, -0.2) is 4.79 Å². The molecule has 0 atom stereocenters. The van der Waals surface area contributed by atoms with Gasteiger partial charge in [0.25, 0.3) is 5.56 Å². The molecule has 0 fully saturated rings.